The van der Waals surface area contributed by atoms with Crippen molar-refractivity contribution in [3.8, 4) is 0 Å². The number of nitrogens with one attached hydrogen (secondary N) is 1. The fourth-order valence-electron chi connectivity index (χ4n) is 2.23. The van der Waals surface area contributed by atoms with Gasteiger partial charge in [-0.3, -0.25) is 9.59 Å². The van der Waals surface area contributed by atoms with Crippen molar-refractivity contribution < 1.29 is 14.7 Å². The lowest BCUT2D eigenvalue weighted by atomic mass is 10.1. The van der Waals surface area contributed by atoms with E-state index >= 15 is 0 Å². The molecule has 0 aliphatic carbocycles. The van der Waals surface area contributed by atoms with Gasteiger partial charge in [0.25, 0.3) is 5.91 Å². The number of likely N-dealkylation sites (N-methyl/N-ethyl adjacent to an activating group) is 1. The van der Waals surface area contributed by atoms with E-state index in [0.717, 1.165) is 22.0 Å². The van der Waals surface area contributed by atoms with Crippen molar-refractivity contribution in [2.24, 2.45) is 0 Å². The van der Waals surface area contributed by atoms with Crippen LogP contribution in [0.1, 0.15) is 28.5 Å². The number of hydrogen-bond donors (Lipinski definition) is 2. The quantitative estimate of drug-likeness (QED) is 0.898. The number of fused-ring (bicyclic) bond motifs is 1. The highest BCUT2D eigenvalue weighted by Gasteiger charge is 2.19. The van der Waals surface area contributed by atoms with Gasteiger partial charge in [-0.05, 0) is 44.0 Å². The van der Waals surface area contributed by atoms with Crippen LogP contribution >= 0.6 is 0 Å². The average Bonchev–Trinajstić information content (AvgIpc) is 2.84. The molecule has 0 aliphatic rings. The van der Waals surface area contributed by atoms with Crippen LogP contribution in [-0.2, 0) is 4.79 Å². The molecule has 106 valence electrons. The van der Waals surface area contributed by atoms with Gasteiger partial charge in [-0.15, -0.1) is 0 Å². The molecule has 1 aromatic carbocycles. The number of hydrogen-bond acceptors (Lipinski definition) is 2. The highest BCUT2D eigenvalue weighted by Crippen LogP contribution is 2.23. The number of benzene rings is 1. The number of nitrogens with zero attached hydrogens (tertiary/aromatic N) is 1. The van der Waals surface area contributed by atoms with Crippen molar-refractivity contribution in [1.82, 2.24) is 9.88 Å². The Labute approximate surface area is 117 Å². The zero-order valence-corrected chi connectivity index (χ0v) is 11.9. The first-order valence-electron chi connectivity index (χ1n) is 6.54. The van der Waals surface area contributed by atoms with Crippen LogP contribution < -0.4 is 0 Å². The number of carbonyl (C=O) groups excluding carboxylic acids is 1. The molecule has 0 radical (unpaired) electrons. The third kappa shape index (κ3) is 2.52. The second-order valence-corrected chi connectivity index (χ2v) is 4.86. The highest BCUT2D eigenvalue weighted by molar-refractivity contribution is 6.00. The molecule has 2 N–H and O–H groups in total. The third-order valence-electron chi connectivity index (χ3n) is 3.57. The zero-order valence-electron chi connectivity index (χ0n) is 11.9. The van der Waals surface area contributed by atoms with E-state index in [1.165, 1.54) is 4.90 Å². The van der Waals surface area contributed by atoms with Gasteiger partial charge in [-0.25, -0.2) is 0 Å². The second-order valence-electron chi connectivity index (χ2n) is 4.86. The smallest absolute Gasteiger partial charge is 0.323 e. The molecule has 5 heteroatoms. The Bertz CT molecular complexity index is 673. The van der Waals surface area contributed by atoms with Crippen LogP contribution in [0.15, 0.2) is 18.2 Å². The maximum absolute atomic E-state index is 12.3. The van der Waals surface area contributed by atoms with Crippen LogP contribution in [0.25, 0.3) is 10.9 Å². The molecule has 2 rings (SSSR count). The Morgan fingerprint density at radius 1 is 1.30 bits per heavy atom. The van der Waals surface area contributed by atoms with Crippen LogP contribution in [0.3, 0.4) is 0 Å². The van der Waals surface area contributed by atoms with Crippen LogP contribution in [0.2, 0.25) is 0 Å². The zero-order chi connectivity index (χ0) is 14.9. The SMILES string of the molecule is CCN(CC(=O)O)C(=O)c1cc2c(C)c(C)ccc2[nH]1. The largest absolute Gasteiger partial charge is 0.480 e. The Morgan fingerprint density at radius 3 is 2.60 bits per heavy atom. The molecule has 1 aromatic heterocycles. The van der Waals surface area contributed by atoms with E-state index in [4.69, 9.17) is 5.11 Å². The summed E-state index contributed by atoms with van der Waals surface area (Å²) in [6.07, 6.45) is 0. The number of H-pyrrole nitrogens is 1. The lowest BCUT2D eigenvalue weighted by Gasteiger charge is -2.17. The normalized spacial score (nSPS) is 10.8. The maximum Gasteiger partial charge on any atom is 0.323 e. The van der Waals surface area contributed by atoms with Crippen LogP contribution in [0, 0.1) is 13.8 Å². The Balaban J connectivity index is 2.40. The summed E-state index contributed by atoms with van der Waals surface area (Å²) in [5.41, 5.74) is 3.60. The molecule has 0 saturated heterocycles. The molecule has 1 amide bonds. The minimum Gasteiger partial charge on any atom is -0.480 e. The Kier molecular flexibility index (Phi) is 3.79. The predicted octanol–water partition coefficient (Wildman–Crippen LogP) is 2.33. The first kappa shape index (κ1) is 14.1. The van der Waals surface area contributed by atoms with E-state index in [0.29, 0.717) is 12.2 Å². The molecule has 20 heavy (non-hydrogen) atoms. The Hall–Kier alpha value is -2.30. The first-order valence-corrected chi connectivity index (χ1v) is 6.54. The topological polar surface area (TPSA) is 73.4 Å². The van der Waals surface area contributed by atoms with Gasteiger partial charge in [-0.2, -0.15) is 0 Å². The van der Waals surface area contributed by atoms with Crippen molar-refractivity contribution in [3.63, 3.8) is 0 Å². The van der Waals surface area contributed by atoms with Crippen LogP contribution in [0.5, 0.6) is 0 Å². The summed E-state index contributed by atoms with van der Waals surface area (Å²) in [5, 5.41) is 9.83. The van der Waals surface area contributed by atoms with Crippen molar-refractivity contribution in [3.05, 3.63) is 35.0 Å². The number of amides is 1. The molecule has 0 atom stereocenters. The first-order chi connectivity index (χ1) is 9.43. The molecular formula is C15H18N2O3. The predicted molar refractivity (Wildman–Crippen MR) is 77.0 cm³/mol. The fourth-order valence-corrected chi connectivity index (χ4v) is 2.23. The van der Waals surface area contributed by atoms with Gasteiger partial charge >= 0.3 is 5.97 Å². The number of aryl methyl sites for hydroxylation is 2. The van der Waals surface area contributed by atoms with Crippen LogP contribution in [0.4, 0.5) is 0 Å². The van der Waals surface area contributed by atoms with Gasteiger partial charge in [-0.1, -0.05) is 6.07 Å². The maximum atomic E-state index is 12.3. The second kappa shape index (κ2) is 5.36. The molecule has 5 nitrogen and oxygen atoms in total. The number of carboxylic acid groups (broad SMARTS) is 1. The van der Waals surface area contributed by atoms with Crippen molar-refractivity contribution in [2.75, 3.05) is 13.1 Å². The highest BCUT2D eigenvalue weighted by atomic mass is 16.4. The van der Waals surface area contributed by atoms with E-state index in [2.05, 4.69) is 4.98 Å². The van der Waals surface area contributed by atoms with E-state index in [1.54, 1.807) is 13.0 Å². The van der Waals surface area contributed by atoms with E-state index in [9.17, 15) is 9.59 Å². The summed E-state index contributed by atoms with van der Waals surface area (Å²) < 4.78 is 0. The van der Waals surface area contributed by atoms with Gasteiger partial charge < -0.3 is 15.0 Å². The number of aromatic nitrogens is 1. The van der Waals surface area contributed by atoms with Gasteiger partial charge in [0.2, 0.25) is 0 Å². The summed E-state index contributed by atoms with van der Waals surface area (Å²) in [6, 6.07) is 5.73. The Morgan fingerprint density at radius 2 is 2.00 bits per heavy atom. The standard InChI is InChI=1S/C15H18N2O3/c1-4-17(8-14(18)19)15(20)13-7-11-10(3)9(2)5-6-12(11)16-13/h5-7,16H,4,8H2,1-3H3,(H,18,19). The summed E-state index contributed by atoms with van der Waals surface area (Å²) in [5.74, 6) is -1.30. The number of rotatable bonds is 4. The summed E-state index contributed by atoms with van der Waals surface area (Å²) in [6.45, 7) is 5.86. The molecular weight excluding hydrogens is 256 g/mol. The number of carbonyl (C=O) groups is 2. The van der Waals surface area contributed by atoms with Crippen molar-refractivity contribution in [2.45, 2.75) is 20.8 Å². The van der Waals surface area contributed by atoms with Crippen molar-refractivity contribution in [1.29, 1.82) is 0 Å². The molecule has 0 fully saturated rings. The molecule has 2 aromatic rings. The number of carboxylic acids is 1. The molecule has 0 aliphatic heterocycles. The molecule has 0 saturated carbocycles. The lowest BCUT2D eigenvalue weighted by molar-refractivity contribution is -0.137. The molecule has 0 bridgehead atoms. The monoisotopic (exact) mass is 274 g/mol. The van der Waals surface area contributed by atoms with Gasteiger partial charge in [0.15, 0.2) is 0 Å². The lowest BCUT2D eigenvalue weighted by Crippen LogP contribution is -2.35. The summed E-state index contributed by atoms with van der Waals surface area (Å²) in [7, 11) is 0. The molecule has 0 spiro atoms. The van der Waals surface area contributed by atoms with E-state index in [-0.39, 0.29) is 12.5 Å². The fraction of sp³-hybridized carbons (Fsp3) is 0.333. The summed E-state index contributed by atoms with van der Waals surface area (Å²) >= 11 is 0. The minimum absolute atomic E-state index is 0.289. The van der Waals surface area contributed by atoms with Gasteiger partial charge in [0.1, 0.15) is 12.2 Å². The third-order valence-corrected chi connectivity index (χ3v) is 3.57. The van der Waals surface area contributed by atoms with Gasteiger partial charge in [0, 0.05) is 17.4 Å². The van der Waals surface area contributed by atoms with Gasteiger partial charge in [0.05, 0.1) is 0 Å². The number of aromatic amines is 1. The van der Waals surface area contributed by atoms with E-state index in [1.807, 2.05) is 26.0 Å². The van der Waals surface area contributed by atoms with E-state index < -0.39 is 5.97 Å². The average molecular weight is 274 g/mol. The van der Waals surface area contributed by atoms with Crippen LogP contribution in [-0.4, -0.2) is 40.0 Å². The minimum atomic E-state index is -1.01. The molecule has 0 unspecified atom stereocenters. The molecule has 1 heterocycles. The van der Waals surface area contributed by atoms with Crippen molar-refractivity contribution >= 4 is 22.8 Å². The number of aliphatic carboxylic acids is 1. The summed E-state index contributed by atoms with van der Waals surface area (Å²) in [4.78, 5) is 27.4.